The van der Waals surface area contributed by atoms with Crippen LogP contribution < -0.4 is 0 Å². The van der Waals surface area contributed by atoms with Crippen LogP contribution in [0.2, 0.25) is 0 Å². The number of unbranched alkanes of at least 4 members (excludes halogenated alkanes) is 3. The number of carbonyl (C=O) groups excluding carboxylic acids is 1. The summed E-state index contributed by atoms with van der Waals surface area (Å²) in [4.78, 5) is 22.6. The van der Waals surface area contributed by atoms with Crippen LogP contribution in [-0.4, -0.2) is 16.9 Å². The van der Waals surface area contributed by atoms with E-state index < -0.39 is 5.97 Å². The van der Waals surface area contributed by atoms with Gasteiger partial charge >= 0.3 is 5.97 Å². The molecule has 3 nitrogen and oxygen atoms in total. The highest BCUT2D eigenvalue weighted by Crippen LogP contribution is 2.40. The summed E-state index contributed by atoms with van der Waals surface area (Å²) in [6.07, 6.45) is 6.43. The van der Waals surface area contributed by atoms with Gasteiger partial charge in [0.05, 0.1) is 0 Å². The fraction of sp³-hybridized carbons (Fsp3) is 0.556. The number of benzene rings is 1. The number of carboxylic acids is 1. The van der Waals surface area contributed by atoms with Crippen molar-refractivity contribution in [2.24, 2.45) is 5.92 Å². The smallest absolute Gasteiger partial charge is 0.303 e. The minimum Gasteiger partial charge on any atom is -0.481 e. The second-order valence-electron chi connectivity index (χ2n) is 6.14. The van der Waals surface area contributed by atoms with Crippen LogP contribution >= 0.6 is 0 Å². The van der Waals surface area contributed by atoms with Crippen LogP contribution in [0.5, 0.6) is 0 Å². The first-order valence-corrected chi connectivity index (χ1v) is 8.08. The van der Waals surface area contributed by atoms with Gasteiger partial charge in [-0.1, -0.05) is 31.4 Å². The van der Waals surface area contributed by atoms with Gasteiger partial charge in [-0.3, -0.25) is 9.59 Å². The molecule has 2 rings (SSSR count). The van der Waals surface area contributed by atoms with E-state index in [1.54, 1.807) is 12.1 Å². The van der Waals surface area contributed by atoms with Crippen molar-refractivity contribution in [3.63, 3.8) is 0 Å². The number of aliphatic carboxylic acids is 1. The van der Waals surface area contributed by atoms with E-state index in [9.17, 15) is 14.0 Å². The first kappa shape index (κ1) is 16.7. The lowest BCUT2D eigenvalue weighted by Gasteiger charge is -2.18. The standard InChI is InChI=1S/C18H23FO3/c19-15-10-7-14(8-11-15)18-13(9-12-16(18)20)5-3-1-2-4-6-17(21)22/h7-8,10-11,13,18H,1-6,9,12H2,(H,21,22). The Labute approximate surface area is 130 Å². The molecule has 1 N–H and O–H groups in total. The van der Waals surface area contributed by atoms with Crippen LogP contribution in [0.3, 0.4) is 0 Å². The van der Waals surface area contributed by atoms with Gasteiger partial charge in [-0.05, 0) is 42.9 Å². The van der Waals surface area contributed by atoms with E-state index in [0.29, 0.717) is 12.3 Å². The Balaban J connectivity index is 1.81. The molecule has 0 radical (unpaired) electrons. The lowest BCUT2D eigenvalue weighted by atomic mass is 9.85. The molecule has 0 aliphatic heterocycles. The lowest BCUT2D eigenvalue weighted by Crippen LogP contribution is -2.12. The molecule has 22 heavy (non-hydrogen) atoms. The van der Waals surface area contributed by atoms with Crippen molar-refractivity contribution in [3.8, 4) is 0 Å². The van der Waals surface area contributed by atoms with Crippen molar-refractivity contribution >= 4 is 11.8 Å². The molecule has 0 amide bonds. The van der Waals surface area contributed by atoms with E-state index in [-0.39, 0.29) is 23.9 Å². The molecular formula is C18H23FO3. The number of hydrogen-bond donors (Lipinski definition) is 1. The average molecular weight is 306 g/mol. The summed E-state index contributed by atoms with van der Waals surface area (Å²) in [7, 11) is 0. The molecule has 1 aliphatic carbocycles. The van der Waals surface area contributed by atoms with Crippen molar-refractivity contribution in [3.05, 3.63) is 35.6 Å². The lowest BCUT2D eigenvalue weighted by molar-refractivity contribution is -0.137. The van der Waals surface area contributed by atoms with Crippen LogP contribution in [0.25, 0.3) is 0 Å². The first-order chi connectivity index (χ1) is 10.6. The van der Waals surface area contributed by atoms with Gasteiger partial charge in [0.25, 0.3) is 0 Å². The molecule has 1 aromatic rings. The van der Waals surface area contributed by atoms with E-state index in [1.807, 2.05) is 0 Å². The third-order valence-electron chi connectivity index (χ3n) is 4.52. The number of Topliss-reactive ketones (excluding diaryl/α,β-unsaturated/α-hetero) is 1. The van der Waals surface area contributed by atoms with E-state index in [1.165, 1.54) is 12.1 Å². The maximum Gasteiger partial charge on any atom is 0.303 e. The monoisotopic (exact) mass is 306 g/mol. The quantitative estimate of drug-likeness (QED) is 0.728. The summed E-state index contributed by atoms with van der Waals surface area (Å²) < 4.78 is 13.0. The molecule has 2 atom stereocenters. The number of halogens is 1. The number of rotatable bonds is 8. The Morgan fingerprint density at radius 2 is 1.82 bits per heavy atom. The van der Waals surface area contributed by atoms with Crippen molar-refractivity contribution < 1.29 is 19.1 Å². The molecule has 0 aromatic heterocycles. The Kier molecular flexibility index (Phi) is 6.10. The molecule has 0 heterocycles. The third-order valence-corrected chi connectivity index (χ3v) is 4.52. The van der Waals surface area contributed by atoms with E-state index in [2.05, 4.69) is 0 Å². The van der Waals surface area contributed by atoms with E-state index in [0.717, 1.165) is 44.1 Å². The summed E-state index contributed by atoms with van der Waals surface area (Å²) in [5.74, 6) is -0.485. The highest BCUT2D eigenvalue weighted by atomic mass is 19.1. The summed E-state index contributed by atoms with van der Waals surface area (Å²) in [6.45, 7) is 0. The van der Waals surface area contributed by atoms with Gasteiger partial charge in [0.2, 0.25) is 0 Å². The van der Waals surface area contributed by atoms with E-state index in [4.69, 9.17) is 5.11 Å². The van der Waals surface area contributed by atoms with Crippen LogP contribution in [0.15, 0.2) is 24.3 Å². The molecule has 1 saturated carbocycles. The fourth-order valence-electron chi connectivity index (χ4n) is 3.39. The number of ketones is 1. The molecule has 120 valence electrons. The molecule has 0 spiro atoms. The predicted octanol–water partition coefficient (Wildman–Crippen LogP) is 4.31. The normalized spacial score (nSPS) is 21.2. The van der Waals surface area contributed by atoms with Crippen LogP contribution in [-0.2, 0) is 9.59 Å². The molecule has 1 fully saturated rings. The summed E-state index contributed by atoms with van der Waals surface area (Å²) >= 11 is 0. The second kappa shape index (κ2) is 8.06. The molecule has 1 aromatic carbocycles. The topological polar surface area (TPSA) is 54.4 Å². The van der Waals surface area contributed by atoms with Gasteiger partial charge in [-0.2, -0.15) is 0 Å². The average Bonchev–Trinajstić information content (AvgIpc) is 2.84. The van der Waals surface area contributed by atoms with Crippen LogP contribution in [0, 0.1) is 11.7 Å². The summed E-state index contributed by atoms with van der Waals surface area (Å²) in [5.41, 5.74) is 0.930. The van der Waals surface area contributed by atoms with E-state index >= 15 is 0 Å². The molecular weight excluding hydrogens is 283 g/mol. The summed E-state index contributed by atoms with van der Waals surface area (Å²) in [5, 5.41) is 8.59. The molecule has 4 heteroatoms. The van der Waals surface area contributed by atoms with Gasteiger partial charge in [0.1, 0.15) is 11.6 Å². The largest absolute Gasteiger partial charge is 0.481 e. The second-order valence-corrected chi connectivity index (χ2v) is 6.14. The first-order valence-electron chi connectivity index (χ1n) is 8.08. The van der Waals surface area contributed by atoms with Gasteiger partial charge < -0.3 is 5.11 Å². The molecule has 1 aliphatic rings. The van der Waals surface area contributed by atoms with Gasteiger partial charge in [-0.15, -0.1) is 0 Å². The van der Waals surface area contributed by atoms with Crippen LogP contribution in [0.1, 0.15) is 62.8 Å². The Morgan fingerprint density at radius 1 is 1.14 bits per heavy atom. The summed E-state index contributed by atoms with van der Waals surface area (Å²) in [6, 6.07) is 6.29. The van der Waals surface area contributed by atoms with Crippen LogP contribution in [0.4, 0.5) is 4.39 Å². The number of hydrogen-bond acceptors (Lipinski definition) is 2. The zero-order valence-corrected chi connectivity index (χ0v) is 12.8. The SMILES string of the molecule is O=C(O)CCCCCCC1CCC(=O)C1c1ccc(F)cc1. The highest BCUT2D eigenvalue weighted by molar-refractivity contribution is 5.88. The Hall–Kier alpha value is -1.71. The van der Waals surface area contributed by atoms with Gasteiger partial charge in [-0.25, -0.2) is 4.39 Å². The maximum atomic E-state index is 13.0. The molecule has 2 unspecified atom stereocenters. The highest BCUT2D eigenvalue weighted by Gasteiger charge is 2.35. The van der Waals surface area contributed by atoms with Crippen molar-refractivity contribution in [2.75, 3.05) is 0 Å². The van der Waals surface area contributed by atoms with Crippen molar-refractivity contribution in [1.29, 1.82) is 0 Å². The zero-order valence-electron chi connectivity index (χ0n) is 12.8. The number of carbonyl (C=O) groups is 2. The zero-order chi connectivity index (χ0) is 15.9. The molecule has 0 saturated heterocycles. The predicted molar refractivity (Wildman–Crippen MR) is 82.2 cm³/mol. The molecule has 0 bridgehead atoms. The Morgan fingerprint density at radius 3 is 2.50 bits per heavy atom. The number of carboxylic acid groups (broad SMARTS) is 1. The Bertz CT molecular complexity index is 510. The minimum absolute atomic E-state index is 0.0837. The third kappa shape index (κ3) is 4.65. The van der Waals surface area contributed by atoms with Gasteiger partial charge in [0.15, 0.2) is 0 Å². The maximum absolute atomic E-state index is 13.0. The van der Waals surface area contributed by atoms with Gasteiger partial charge in [0, 0.05) is 18.8 Å². The minimum atomic E-state index is -0.738. The fourth-order valence-corrected chi connectivity index (χ4v) is 3.39. The van der Waals surface area contributed by atoms with Crippen molar-refractivity contribution in [1.82, 2.24) is 0 Å². The van der Waals surface area contributed by atoms with Crippen molar-refractivity contribution in [2.45, 2.75) is 57.3 Å².